The molecule has 1 aromatic rings. The standard InChI is InChI=1S/C14H21NO2/c1-15-10-9-14(16)8-4-5-11-12(14)6-3-7-13(11)17-2/h3,6-7,15-16H,4-5,8-10H2,1-2H3. The van der Waals surface area contributed by atoms with Gasteiger partial charge in [0.25, 0.3) is 0 Å². The normalized spacial score (nSPS) is 23.2. The Morgan fingerprint density at radius 2 is 2.29 bits per heavy atom. The zero-order chi connectivity index (χ0) is 12.3. The molecule has 0 bridgehead atoms. The van der Waals surface area contributed by atoms with Gasteiger partial charge in [0.1, 0.15) is 5.75 Å². The Kier molecular flexibility index (Phi) is 3.69. The van der Waals surface area contributed by atoms with Gasteiger partial charge in [0.2, 0.25) is 0 Å². The first-order valence-electron chi connectivity index (χ1n) is 6.24. The fourth-order valence-electron chi connectivity index (χ4n) is 2.73. The number of fused-ring (bicyclic) bond motifs is 1. The largest absolute Gasteiger partial charge is 0.496 e. The van der Waals surface area contributed by atoms with E-state index >= 15 is 0 Å². The van der Waals surface area contributed by atoms with Crippen molar-refractivity contribution in [2.45, 2.75) is 31.3 Å². The molecule has 0 heterocycles. The third-order valence-corrected chi connectivity index (χ3v) is 3.66. The summed E-state index contributed by atoms with van der Waals surface area (Å²) in [5.41, 5.74) is 1.55. The second kappa shape index (κ2) is 5.07. The Labute approximate surface area is 103 Å². The summed E-state index contributed by atoms with van der Waals surface area (Å²) in [4.78, 5) is 0. The minimum atomic E-state index is -0.689. The molecule has 0 saturated heterocycles. The molecule has 0 aliphatic heterocycles. The van der Waals surface area contributed by atoms with Crippen molar-refractivity contribution in [1.29, 1.82) is 0 Å². The molecule has 0 saturated carbocycles. The molecule has 94 valence electrons. The highest BCUT2D eigenvalue weighted by molar-refractivity contribution is 5.44. The second-order valence-electron chi connectivity index (χ2n) is 4.73. The zero-order valence-corrected chi connectivity index (χ0v) is 10.6. The van der Waals surface area contributed by atoms with Gasteiger partial charge in [-0.15, -0.1) is 0 Å². The van der Waals surface area contributed by atoms with Crippen LogP contribution in [0.5, 0.6) is 5.75 Å². The molecule has 1 aromatic carbocycles. The van der Waals surface area contributed by atoms with Crippen molar-refractivity contribution in [3.05, 3.63) is 29.3 Å². The summed E-state index contributed by atoms with van der Waals surface area (Å²) < 4.78 is 5.38. The number of nitrogens with one attached hydrogen (secondary N) is 1. The molecule has 0 fully saturated rings. The van der Waals surface area contributed by atoms with E-state index in [-0.39, 0.29) is 0 Å². The summed E-state index contributed by atoms with van der Waals surface area (Å²) in [5.74, 6) is 0.907. The highest BCUT2D eigenvalue weighted by Crippen LogP contribution is 2.41. The van der Waals surface area contributed by atoms with Gasteiger partial charge in [0.05, 0.1) is 12.7 Å². The van der Waals surface area contributed by atoms with Crippen LogP contribution in [0.4, 0.5) is 0 Å². The lowest BCUT2D eigenvalue weighted by molar-refractivity contribution is 0.0105. The van der Waals surface area contributed by atoms with E-state index in [4.69, 9.17) is 4.74 Å². The lowest BCUT2D eigenvalue weighted by atomic mass is 9.77. The molecule has 1 aliphatic carbocycles. The molecule has 1 atom stereocenters. The third kappa shape index (κ3) is 2.31. The quantitative estimate of drug-likeness (QED) is 0.836. The third-order valence-electron chi connectivity index (χ3n) is 3.66. The molecular weight excluding hydrogens is 214 g/mol. The second-order valence-corrected chi connectivity index (χ2v) is 4.73. The molecule has 3 nitrogen and oxygen atoms in total. The average Bonchev–Trinajstić information content (AvgIpc) is 2.36. The molecule has 1 unspecified atom stereocenters. The molecule has 3 heteroatoms. The van der Waals surface area contributed by atoms with Gasteiger partial charge in [0, 0.05) is 5.56 Å². The lowest BCUT2D eigenvalue weighted by Crippen LogP contribution is -2.33. The molecule has 0 aromatic heterocycles. The van der Waals surface area contributed by atoms with Crippen LogP contribution in [0.3, 0.4) is 0 Å². The van der Waals surface area contributed by atoms with Crippen LogP contribution in [0.15, 0.2) is 18.2 Å². The van der Waals surface area contributed by atoms with Crippen molar-refractivity contribution in [2.24, 2.45) is 0 Å². The van der Waals surface area contributed by atoms with Gasteiger partial charge in [-0.2, -0.15) is 0 Å². The Bertz CT molecular complexity index is 392. The monoisotopic (exact) mass is 235 g/mol. The van der Waals surface area contributed by atoms with Crippen molar-refractivity contribution in [3.63, 3.8) is 0 Å². The van der Waals surface area contributed by atoms with E-state index in [1.807, 2.05) is 25.2 Å². The van der Waals surface area contributed by atoms with E-state index in [0.29, 0.717) is 0 Å². The van der Waals surface area contributed by atoms with Crippen molar-refractivity contribution in [2.75, 3.05) is 20.7 Å². The van der Waals surface area contributed by atoms with E-state index < -0.39 is 5.60 Å². The van der Waals surface area contributed by atoms with Crippen LogP contribution >= 0.6 is 0 Å². The number of hydrogen-bond acceptors (Lipinski definition) is 3. The molecule has 2 rings (SSSR count). The summed E-state index contributed by atoms with van der Waals surface area (Å²) in [7, 11) is 3.61. The summed E-state index contributed by atoms with van der Waals surface area (Å²) in [6, 6.07) is 5.97. The van der Waals surface area contributed by atoms with Crippen molar-refractivity contribution in [1.82, 2.24) is 5.32 Å². The van der Waals surface area contributed by atoms with Gasteiger partial charge in [-0.25, -0.2) is 0 Å². The lowest BCUT2D eigenvalue weighted by Gasteiger charge is -2.35. The van der Waals surface area contributed by atoms with Crippen molar-refractivity contribution >= 4 is 0 Å². The van der Waals surface area contributed by atoms with Crippen LogP contribution in [0.2, 0.25) is 0 Å². The van der Waals surface area contributed by atoms with Crippen molar-refractivity contribution in [3.8, 4) is 5.75 Å². The van der Waals surface area contributed by atoms with Gasteiger partial charge >= 0.3 is 0 Å². The fourth-order valence-corrected chi connectivity index (χ4v) is 2.73. The van der Waals surface area contributed by atoms with E-state index in [1.165, 1.54) is 5.56 Å². The molecular formula is C14H21NO2. The predicted molar refractivity (Wildman–Crippen MR) is 68.4 cm³/mol. The molecule has 0 radical (unpaired) electrons. The number of benzene rings is 1. The molecule has 17 heavy (non-hydrogen) atoms. The minimum absolute atomic E-state index is 0.689. The van der Waals surface area contributed by atoms with E-state index in [9.17, 15) is 5.11 Å². The Morgan fingerprint density at radius 1 is 1.47 bits per heavy atom. The van der Waals surface area contributed by atoms with E-state index in [1.54, 1.807) is 7.11 Å². The van der Waals surface area contributed by atoms with Gasteiger partial charge in [-0.05, 0) is 50.9 Å². The molecule has 0 spiro atoms. The average molecular weight is 235 g/mol. The SMILES string of the molecule is CNCCC1(O)CCCc2c(OC)cccc21. The fraction of sp³-hybridized carbons (Fsp3) is 0.571. The Balaban J connectivity index is 2.37. The van der Waals surface area contributed by atoms with Gasteiger partial charge in [-0.1, -0.05) is 12.1 Å². The maximum absolute atomic E-state index is 10.8. The highest BCUT2D eigenvalue weighted by atomic mass is 16.5. The van der Waals surface area contributed by atoms with Gasteiger partial charge < -0.3 is 15.2 Å². The van der Waals surface area contributed by atoms with Crippen LogP contribution < -0.4 is 10.1 Å². The van der Waals surface area contributed by atoms with Gasteiger partial charge in [-0.3, -0.25) is 0 Å². The van der Waals surface area contributed by atoms with E-state index in [0.717, 1.165) is 43.5 Å². The van der Waals surface area contributed by atoms with Crippen molar-refractivity contribution < 1.29 is 9.84 Å². The van der Waals surface area contributed by atoms with Crippen LogP contribution in [0.1, 0.15) is 30.4 Å². The summed E-state index contributed by atoms with van der Waals surface area (Å²) in [6.45, 7) is 0.827. The van der Waals surface area contributed by atoms with Gasteiger partial charge in [0.15, 0.2) is 0 Å². The number of hydrogen-bond donors (Lipinski definition) is 2. The van der Waals surface area contributed by atoms with E-state index in [2.05, 4.69) is 5.32 Å². The Hall–Kier alpha value is -1.06. The topological polar surface area (TPSA) is 41.5 Å². The molecule has 0 amide bonds. The first-order valence-corrected chi connectivity index (χ1v) is 6.24. The zero-order valence-electron chi connectivity index (χ0n) is 10.6. The molecule has 2 N–H and O–H groups in total. The number of ether oxygens (including phenoxy) is 1. The first kappa shape index (κ1) is 12.4. The number of aliphatic hydroxyl groups is 1. The smallest absolute Gasteiger partial charge is 0.122 e. The number of rotatable bonds is 4. The minimum Gasteiger partial charge on any atom is -0.496 e. The molecule has 1 aliphatic rings. The van der Waals surface area contributed by atoms with Crippen LogP contribution in [-0.2, 0) is 12.0 Å². The summed E-state index contributed by atoms with van der Waals surface area (Å²) in [5, 5.41) is 13.9. The van der Waals surface area contributed by atoms with Crippen LogP contribution in [0, 0.1) is 0 Å². The van der Waals surface area contributed by atoms with Crippen LogP contribution in [0.25, 0.3) is 0 Å². The highest BCUT2D eigenvalue weighted by Gasteiger charge is 2.34. The summed E-state index contributed by atoms with van der Waals surface area (Å²) in [6.07, 6.45) is 3.62. The van der Waals surface area contributed by atoms with Crippen LogP contribution in [-0.4, -0.2) is 25.8 Å². The first-order chi connectivity index (χ1) is 8.21. The number of methoxy groups -OCH3 is 1. The predicted octanol–water partition coefficient (Wildman–Crippen LogP) is 1.83. The Morgan fingerprint density at radius 3 is 3.00 bits per heavy atom. The summed E-state index contributed by atoms with van der Waals surface area (Å²) >= 11 is 0. The maximum atomic E-state index is 10.8. The maximum Gasteiger partial charge on any atom is 0.122 e.